The molecule has 9 nitrogen and oxygen atoms in total. The van der Waals surface area contributed by atoms with Gasteiger partial charge < -0.3 is 20.1 Å². The SMILES string of the molecule is COc1ccccc1NS(=O)(=O)c1ccc(O)c(NC(=O)c2ccc(=O)[nH]c2)c1. The van der Waals surface area contributed by atoms with Crippen molar-refractivity contribution in [2.24, 2.45) is 0 Å². The molecule has 29 heavy (non-hydrogen) atoms. The molecule has 0 unspecified atom stereocenters. The molecule has 1 amide bonds. The Morgan fingerprint density at radius 1 is 1.07 bits per heavy atom. The van der Waals surface area contributed by atoms with E-state index in [2.05, 4.69) is 15.0 Å². The predicted molar refractivity (Wildman–Crippen MR) is 107 cm³/mol. The molecule has 0 saturated heterocycles. The number of H-pyrrole nitrogens is 1. The number of aromatic nitrogens is 1. The number of phenols is 1. The van der Waals surface area contributed by atoms with Crippen LogP contribution in [-0.4, -0.2) is 31.5 Å². The standard InChI is InChI=1S/C19H17N3O6S/c1-28-17-5-3-2-4-14(17)22-29(26,27)13-7-8-16(23)15(10-13)21-19(25)12-6-9-18(24)20-11-12/h2-11,22-23H,1H3,(H,20,24)(H,21,25). The van der Waals surface area contributed by atoms with E-state index in [0.717, 1.165) is 12.1 Å². The van der Waals surface area contributed by atoms with Gasteiger partial charge >= 0.3 is 0 Å². The summed E-state index contributed by atoms with van der Waals surface area (Å²) in [5.74, 6) is -0.621. The summed E-state index contributed by atoms with van der Waals surface area (Å²) in [6.45, 7) is 0. The Kier molecular flexibility index (Phi) is 5.55. The van der Waals surface area contributed by atoms with Crippen LogP contribution >= 0.6 is 0 Å². The maximum absolute atomic E-state index is 12.7. The molecular weight excluding hydrogens is 398 g/mol. The summed E-state index contributed by atoms with van der Waals surface area (Å²) >= 11 is 0. The topological polar surface area (TPSA) is 138 Å². The Labute approximate surface area is 166 Å². The van der Waals surface area contributed by atoms with Gasteiger partial charge in [0.2, 0.25) is 5.56 Å². The van der Waals surface area contributed by atoms with Gasteiger partial charge in [0.05, 0.1) is 28.9 Å². The summed E-state index contributed by atoms with van der Waals surface area (Å²) in [6.07, 6.45) is 1.21. The third kappa shape index (κ3) is 4.55. The molecule has 1 aromatic heterocycles. The molecule has 0 aliphatic heterocycles. The summed E-state index contributed by atoms with van der Waals surface area (Å²) in [7, 11) is -2.62. The Morgan fingerprint density at radius 3 is 2.52 bits per heavy atom. The second kappa shape index (κ2) is 8.07. The number of carbonyl (C=O) groups is 1. The number of sulfonamides is 1. The largest absolute Gasteiger partial charge is 0.506 e. The smallest absolute Gasteiger partial charge is 0.262 e. The van der Waals surface area contributed by atoms with Gasteiger partial charge in [0.1, 0.15) is 11.5 Å². The van der Waals surface area contributed by atoms with Crippen molar-refractivity contribution in [3.63, 3.8) is 0 Å². The molecule has 0 fully saturated rings. The Bertz CT molecular complexity index is 1200. The number of benzene rings is 2. The first kappa shape index (κ1) is 20.0. The van der Waals surface area contributed by atoms with Crippen molar-refractivity contribution >= 4 is 27.3 Å². The van der Waals surface area contributed by atoms with Crippen LogP contribution in [0.15, 0.2) is 70.5 Å². The maximum atomic E-state index is 12.7. The minimum atomic E-state index is -4.03. The molecule has 2 aromatic carbocycles. The molecule has 4 N–H and O–H groups in total. The maximum Gasteiger partial charge on any atom is 0.262 e. The van der Waals surface area contributed by atoms with Gasteiger partial charge in [-0.1, -0.05) is 12.1 Å². The van der Waals surface area contributed by atoms with Crippen LogP contribution in [0, 0.1) is 0 Å². The lowest BCUT2D eigenvalue weighted by molar-refractivity contribution is 0.102. The molecule has 1 heterocycles. The summed E-state index contributed by atoms with van der Waals surface area (Å²) in [5.41, 5.74) is -0.115. The van der Waals surface area contributed by atoms with Crippen molar-refractivity contribution in [1.29, 1.82) is 0 Å². The molecule has 3 rings (SSSR count). The molecule has 0 saturated carbocycles. The molecular formula is C19H17N3O6S. The number of hydrogen-bond donors (Lipinski definition) is 4. The molecule has 0 atom stereocenters. The van der Waals surface area contributed by atoms with E-state index < -0.39 is 15.9 Å². The molecule has 0 spiro atoms. The zero-order valence-electron chi connectivity index (χ0n) is 15.2. The van der Waals surface area contributed by atoms with E-state index >= 15 is 0 Å². The van der Waals surface area contributed by atoms with Gasteiger partial charge in [-0.3, -0.25) is 14.3 Å². The highest BCUT2D eigenvalue weighted by atomic mass is 32.2. The van der Waals surface area contributed by atoms with E-state index in [0.29, 0.717) is 5.75 Å². The van der Waals surface area contributed by atoms with Gasteiger partial charge in [0.15, 0.2) is 0 Å². The van der Waals surface area contributed by atoms with E-state index in [4.69, 9.17) is 4.74 Å². The van der Waals surface area contributed by atoms with Gasteiger partial charge in [-0.05, 0) is 36.4 Å². The van der Waals surface area contributed by atoms with E-state index in [1.54, 1.807) is 18.2 Å². The van der Waals surface area contributed by atoms with Crippen molar-refractivity contribution in [1.82, 2.24) is 4.98 Å². The van der Waals surface area contributed by atoms with Crippen LogP contribution in [0.5, 0.6) is 11.5 Å². The molecule has 150 valence electrons. The van der Waals surface area contributed by atoms with Crippen molar-refractivity contribution < 1.29 is 23.1 Å². The van der Waals surface area contributed by atoms with Gasteiger partial charge in [-0.15, -0.1) is 0 Å². The van der Waals surface area contributed by atoms with Crippen LogP contribution in [-0.2, 0) is 10.0 Å². The van der Waals surface area contributed by atoms with Crippen LogP contribution in [0.1, 0.15) is 10.4 Å². The second-order valence-electron chi connectivity index (χ2n) is 5.88. The van der Waals surface area contributed by atoms with Crippen LogP contribution < -0.4 is 20.3 Å². The summed E-state index contributed by atoms with van der Waals surface area (Å²) in [6, 6.07) is 12.4. The lowest BCUT2D eigenvalue weighted by atomic mass is 10.2. The highest BCUT2D eigenvalue weighted by molar-refractivity contribution is 7.92. The number of aromatic amines is 1. The average Bonchev–Trinajstić information content (AvgIpc) is 2.70. The summed E-state index contributed by atoms with van der Waals surface area (Å²) in [4.78, 5) is 25.6. The number of amides is 1. The number of anilines is 2. The number of rotatable bonds is 6. The van der Waals surface area contributed by atoms with Crippen molar-refractivity contribution in [2.75, 3.05) is 17.1 Å². The predicted octanol–water partition coefficient (Wildman–Crippen LogP) is 2.14. The van der Waals surface area contributed by atoms with Crippen LogP contribution in [0.25, 0.3) is 0 Å². The number of para-hydroxylation sites is 2. The number of aromatic hydroxyl groups is 1. The number of ether oxygens (including phenoxy) is 1. The van der Waals surface area contributed by atoms with Gasteiger partial charge in [-0.2, -0.15) is 0 Å². The highest BCUT2D eigenvalue weighted by Crippen LogP contribution is 2.30. The van der Waals surface area contributed by atoms with Crippen molar-refractivity contribution in [3.05, 3.63) is 76.7 Å². The molecule has 0 aliphatic carbocycles. The fourth-order valence-corrected chi connectivity index (χ4v) is 3.56. The minimum absolute atomic E-state index is 0.107. The number of hydrogen-bond acceptors (Lipinski definition) is 6. The number of pyridine rings is 1. The van der Waals surface area contributed by atoms with E-state index in [1.165, 1.54) is 37.6 Å². The lowest BCUT2D eigenvalue weighted by Gasteiger charge is -2.13. The fraction of sp³-hybridized carbons (Fsp3) is 0.0526. The third-order valence-corrected chi connectivity index (χ3v) is 5.29. The number of nitrogens with one attached hydrogen (secondary N) is 3. The van der Waals surface area contributed by atoms with Gasteiger partial charge in [-0.25, -0.2) is 8.42 Å². The normalized spacial score (nSPS) is 10.9. The summed E-state index contributed by atoms with van der Waals surface area (Å²) in [5, 5.41) is 12.4. The first-order valence-corrected chi connectivity index (χ1v) is 9.77. The van der Waals surface area contributed by atoms with E-state index in [9.17, 15) is 23.1 Å². The number of carbonyl (C=O) groups excluding carboxylic acids is 1. The highest BCUT2D eigenvalue weighted by Gasteiger charge is 2.19. The lowest BCUT2D eigenvalue weighted by Crippen LogP contribution is -2.16. The van der Waals surface area contributed by atoms with Crippen molar-refractivity contribution in [2.45, 2.75) is 4.90 Å². The molecule has 0 radical (unpaired) electrons. The number of phenolic OH excluding ortho intramolecular Hbond substituents is 1. The molecule has 0 bridgehead atoms. The average molecular weight is 415 g/mol. The number of methoxy groups -OCH3 is 1. The van der Waals surface area contributed by atoms with Gasteiger partial charge in [0, 0.05) is 12.3 Å². The van der Waals surface area contributed by atoms with Crippen LogP contribution in [0.3, 0.4) is 0 Å². The Balaban J connectivity index is 1.88. The molecule has 0 aliphatic rings. The van der Waals surface area contributed by atoms with E-state index in [1.807, 2.05) is 0 Å². The summed E-state index contributed by atoms with van der Waals surface area (Å²) < 4.78 is 33.0. The Morgan fingerprint density at radius 2 is 1.83 bits per heavy atom. The minimum Gasteiger partial charge on any atom is -0.506 e. The quantitative estimate of drug-likeness (QED) is 0.455. The first-order chi connectivity index (χ1) is 13.8. The molecule has 10 heteroatoms. The van der Waals surface area contributed by atoms with E-state index in [-0.39, 0.29) is 33.1 Å². The van der Waals surface area contributed by atoms with Crippen LogP contribution in [0.2, 0.25) is 0 Å². The van der Waals surface area contributed by atoms with Crippen LogP contribution in [0.4, 0.5) is 11.4 Å². The Hall–Kier alpha value is -3.79. The van der Waals surface area contributed by atoms with Crippen molar-refractivity contribution in [3.8, 4) is 11.5 Å². The first-order valence-electron chi connectivity index (χ1n) is 8.29. The third-order valence-electron chi connectivity index (χ3n) is 3.92. The fourth-order valence-electron chi connectivity index (χ4n) is 2.46. The zero-order valence-corrected chi connectivity index (χ0v) is 16.0. The second-order valence-corrected chi connectivity index (χ2v) is 7.56. The van der Waals surface area contributed by atoms with Gasteiger partial charge in [0.25, 0.3) is 15.9 Å². The zero-order chi connectivity index (χ0) is 21.0. The monoisotopic (exact) mass is 415 g/mol. The molecule has 3 aromatic rings.